The van der Waals surface area contributed by atoms with Crippen molar-refractivity contribution in [2.45, 2.75) is 24.7 Å². The van der Waals surface area contributed by atoms with Crippen molar-refractivity contribution < 1.29 is 32.3 Å². The van der Waals surface area contributed by atoms with Gasteiger partial charge in [0, 0.05) is 11.1 Å². The number of nitrogens with two attached hydrogens (primary N) is 1. The number of alkyl halides is 3. The molecular formula is C28H22F4N2O3. The van der Waals surface area contributed by atoms with Crippen LogP contribution in [0.5, 0.6) is 0 Å². The van der Waals surface area contributed by atoms with Gasteiger partial charge in [-0.2, -0.15) is 13.2 Å². The first-order chi connectivity index (χ1) is 17.5. The Morgan fingerprint density at radius 2 is 1.41 bits per heavy atom. The van der Waals surface area contributed by atoms with Gasteiger partial charge in [-0.1, -0.05) is 48.5 Å². The van der Waals surface area contributed by atoms with Crippen LogP contribution >= 0.6 is 0 Å². The number of primary amides is 1. The fourth-order valence-electron chi connectivity index (χ4n) is 4.18. The quantitative estimate of drug-likeness (QED) is 0.300. The molecule has 2 unspecified atom stereocenters. The van der Waals surface area contributed by atoms with E-state index in [2.05, 4.69) is 5.32 Å². The second-order valence-electron chi connectivity index (χ2n) is 8.55. The van der Waals surface area contributed by atoms with Crippen LogP contribution in [0.15, 0.2) is 84.9 Å². The van der Waals surface area contributed by atoms with Crippen LogP contribution in [0.2, 0.25) is 0 Å². The third kappa shape index (κ3) is 5.78. The lowest BCUT2D eigenvalue weighted by molar-refractivity contribution is -0.137. The molecule has 9 heteroatoms. The van der Waals surface area contributed by atoms with E-state index in [9.17, 15) is 32.3 Å². The van der Waals surface area contributed by atoms with E-state index in [1.807, 2.05) is 0 Å². The first-order valence-corrected chi connectivity index (χ1v) is 11.3. The molecule has 2 atom stereocenters. The molecular weight excluding hydrogens is 488 g/mol. The second kappa shape index (κ2) is 10.4. The van der Waals surface area contributed by atoms with Crippen LogP contribution in [0, 0.1) is 5.82 Å². The van der Waals surface area contributed by atoms with Crippen molar-refractivity contribution in [2.24, 2.45) is 5.73 Å². The standard InChI is InChI=1S/C28H22F4N2O3/c29-19-11-7-17(8-12-19)25(35)24(15-16-5-9-18(10-6-16)28(30,31)32)34-27(37)23-14-13-22(26(33)36)20-3-1-2-4-21(20)23/h1-14,24-25,35H,15H2,(H2,33,36)(H,34,37). The number of nitrogens with one attached hydrogen (secondary N) is 1. The Kier molecular flexibility index (Phi) is 7.26. The molecule has 2 amide bonds. The van der Waals surface area contributed by atoms with Gasteiger partial charge in [0.1, 0.15) is 5.82 Å². The number of carbonyl (C=O) groups is 2. The van der Waals surface area contributed by atoms with E-state index in [1.165, 1.54) is 36.4 Å². The second-order valence-corrected chi connectivity index (χ2v) is 8.55. The summed E-state index contributed by atoms with van der Waals surface area (Å²) in [5, 5.41) is 14.8. The third-order valence-corrected chi connectivity index (χ3v) is 6.08. The molecule has 0 heterocycles. The van der Waals surface area contributed by atoms with Gasteiger partial charge in [-0.25, -0.2) is 4.39 Å². The number of benzene rings is 4. The first kappa shape index (κ1) is 25.8. The number of carbonyl (C=O) groups excluding carboxylic acids is 2. The molecule has 4 N–H and O–H groups in total. The molecule has 0 bridgehead atoms. The van der Waals surface area contributed by atoms with E-state index in [-0.39, 0.29) is 17.5 Å². The summed E-state index contributed by atoms with van der Waals surface area (Å²) in [6, 6.07) is 18.0. The molecule has 0 saturated carbocycles. The average Bonchev–Trinajstić information content (AvgIpc) is 2.87. The van der Waals surface area contributed by atoms with Gasteiger partial charge in [0.2, 0.25) is 5.91 Å². The van der Waals surface area contributed by atoms with Gasteiger partial charge < -0.3 is 16.2 Å². The van der Waals surface area contributed by atoms with Gasteiger partial charge in [-0.15, -0.1) is 0 Å². The van der Waals surface area contributed by atoms with Crippen LogP contribution in [0.25, 0.3) is 10.8 Å². The molecule has 0 saturated heterocycles. The molecule has 0 aromatic heterocycles. The largest absolute Gasteiger partial charge is 0.416 e. The highest BCUT2D eigenvalue weighted by atomic mass is 19.4. The zero-order chi connectivity index (χ0) is 26.7. The van der Waals surface area contributed by atoms with E-state index >= 15 is 0 Å². The normalized spacial score (nSPS) is 13.2. The molecule has 4 rings (SSSR count). The lowest BCUT2D eigenvalue weighted by atomic mass is 9.94. The van der Waals surface area contributed by atoms with E-state index in [0.29, 0.717) is 21.9 Å². The lowest BCUT2D eigenvalue weighted by Gasteiger charge is -2.25. The van der Waals surface area contributed by atoms with Gasteiger partial charge >= 0.3 is 6.18 Å². The highest BCUT2D eigenvalue weighted by Crippen LogP contribution is 2.30. The monoisotopic (exact) mass is 510 g/mol. The Morgan fingerprint density at radius 3 is 1.97 bits per heavy atom. The maximum absolute atomic E-state index is 13.4. The molecule has 4 aromatic carbocycles. The molecule has 0 aliphatic carbocycles. The maximum atomic E-state index is 13.4. The minimum Gasteiger partial charge on any atom is -0.386 e. The predicted octanol–water partition coefficient (Wildman–Crippen LogP) is 5.17. The molecule has 190 valence electrons. The van der Waals surface area contributed by atoms with Crippen LogP contribution in [0.1, 0.15) is 43.5 Å². The van der Waals surface area contributed by atoms with Crippen LogP contribution < -0.4 is 11.1 Å². The number of amides is 2. The molecule has 0 aliphatic heterocycles. The van der Waals surface area contributed by atoms with E-state index in [0.717, 1.165) is 24.3 Å². The zero-order valence-electron chi connectivity index (χ0n) is 19.3. The van der Waals surface area contributed by atoms with Crippen molar-refractivity contribution in [3.8, 4) is 0 Å². The van der Waals surface area contributed by atoms with Gasteiger partial charge in [0.25, 0.3) is 5.91 Å². The van der Waals surface area contributed by atoms with Crippen LogP contribution in [-0.2, 0) is 12.6 Å². The number of rotatable bonds is 7. The van der Waals surface area contributed by atoms with E-state index < -0.39 is 41.5 Å². The van der Waals surface area contributed by atoms with Gasteiger partial charge in [-0.05, 0) is 64.7 Å². The molecule has 0 spiro atoms. The highest BCUT2D eigenvalue weighted by Gasteiger charge is 2.30. The van der Waals surface area contributed by atoms with E-state index in [1.54, 1.807) is 24.3 Å². The molecule has 0 aliphatic rings. The zero-order valence-corrected chi connectivity index (χ0v) is 19.3. The van der Waals surface area contributed by atoms with Crippen molar-refractivity contribution in [1.82, 2.24) is 5.32 Å². The van der Waals surface area contributed by atoms with Crippen molar-refractivity contribution >= 4 is 22.6 Å². The topological polar surface area (TPSA) is 92.4 Å². The number of hydrogen-bond acceptors (Lipinski definition) is 3. The Labute approximate surface area is 209 Å². The summed E-state index contributed by atoms with van der Waals surface area (Å²) >= 11 is 0. The number of fused-ring (bicyclic) bond motifs is 1. The van der Waals surface area contributed by atoms with Gasteiger partial charge in [0.15, 0.2) is 0 Å². The van der Waals surface area contributed by atoms with Crippen LogP contribution in [0.4, 0.5) is 17.6 Å². The number of aliphatic hydroxyl groups excluding tert-OH is 1. The predicted molar refractivity (Wildman–Crippen MR) is 130 cm³/mol. The Bertz CT molecular complexity index is 1440. The van der Waals surface area contributed by atoms with Crippen molar-refractivity contribution in [3.05, 3.63) is 119 Å². The smallest absolute Gasteiger partial charge is 0.386 e. The van der Waals surface area contributed by atoms with Crippen LogP contribution in [-0.4, -0.2) is 23.0 Å². The summed E-state index contributed by atoms with van der Waals surface area (Å²) in [6.45, 7) is 0. The molecule has 5 nitrogen and oxygen atoms in total. The van der Waals surface area contributed by atoms with Crippen molar-refractivity contribution in [1.29, 1.82) is 0 Å². The fourth-order valence-corrected chi connectivity index (χ4v) is 4.18. The Balaban J connectivity index is 1.68. The maximum Gasteiger partial charge on any atom is 0.416 e. The SMILES string of the molecule is NC(=O)c1ccc(C(=O)NC(Cc2ccc(C(F)(F)F)cc2)C(O)c2ccc(F)cc2)c2ccccc12. The molecule has 0 radical (unpaired) electrons. The summed E-state index contributed by atoms with van der Waals surface area (Å²) < 4.78 is 52.3. The number of halogens is 4. The third-order valence-electron chi connectivity index (χ3n) is 6.08. The Hall–Kier alpha value is -4.24. The number of hydrogen-bond donors (Lipinski definition) is 3. The average molecular weight is 510 g/mol. The first-order valence-electron chi connectivity index (χ1n) is 11.3. The van der Waals surface area contributed by atoms with Gasteiger partial charge in [0.05, 0.1) is 17.7 Å². The summed E-state index contributed by atoms with van der Waals surface area (Å²) in [6.07, 6.45) is -5.82. The van der Waals surface area contributed by atoms with Crippen LogP contribution in [0.3, 0.4) is 0 Å². The minimum absolute atomic E-state index is 0.0142. The summed E-state index contributed by atoms with van der Waals surface area (Å²) in [5.41, 5.74) is 5.83. The molecule has 37 heavy (non-hydrogen) atoms. The number of aliphatic hydroxyl groups is 1. The summed E-state index contributed by atoms with van der Waals surface area (Å²) in [4.78, 5) is 25.2. The fraction of sp³-hybridized carbons (Fsp3) is 0.143. The molecule has 4 aromatic rings. The molecule has 0 fully saturated rings. The summed E-state index contributed by atoms with van der Waals surface area (Å²) in [5.74, 6) is -1.75. The van der Waals surface area contributed by atoms with Crippen molar-refractivity contribution in [3.63, 3.8) is 0 Å². The van der Waals surface area contributed by atoms with Gasteiger partial charge in [-0.3, -0.25) is 9.59 Å². The highest BCUT2D eigenvalue weighted by molar-refractivity contribution is 6.13. The summed E-state index contributed by atoms with van der Waals surface area (Å²) in [7, 11) is 0. The lowest BCUT2D eigenvalue weighted by Crippen LogP contribution is -2.41. The Morgan fingerprint density at radius 1 is 0.838 bits per heavy atom. The minimum atomic E-state index is -4.50. The van der Waals surface area contributed by atoms with Crippen molar-refractivity contribution in [2.75, 3.05) is 0 Å². The van der Waals surface area contributed by atoms with E-state index in [4.69, 9.17) is 5.73 Å².